The minimum absolute atomic E-state index is 0.118. The summed E-state index contributed by atoms with van der Waals surface area (Å²) in [6, 6.07) is 12.2. The monoisotopic (exact) mass is 572 g/mol. The van der Waals surface area contributed by atoms with E-state index in [-0.39, 0.29) is 10.8 Å². The van der Waals surface area contributed by atoms with E-state index in [2.05, 4.69) is 14.9 Å². The van der Waals surface area contributed by atoms with Crippen LogP contribution in [0.2, 0.25) is 0 Å². The molecule has 2 fully saturated rings. The Balaban J connectivity index is 0.000000532. The van der Waals surface area contributed by atoms with Gasteiger partial charge in [0, 0.05) is 44.8 Å². The van der Waals surface area contributed by atoms with Crippen molar-refractivity contribution in [3.8, 4) is 0 Å². The molecule has 2 aliphatic rings. The third-order valence-corrected chi connectivity index (χ3v) is 7.51. The number of nitrogens with one attached hydrogen (secondary N) is 2. The van der Waals surface area contributed by atoms with Crippen LogP contribution in [0.1, 0.15) is 22.8 Å². The molecule has 0 aromatic heterocycles. The summed E-state index contributed by atoms with van der Waals surface area (Å²) in [6.45, 7) is 7.27. The van der Waals surface area contributed by atoms with E-state index in [1.54, 1.807) is 29.2 Å². The second kappa shape index (κ2) is 13.1. The molecule has 0 saturated carbocycles. The molecule has 0 aliphatic carbocycles. The molecule has 0 radical (unpaired) electrons. The molecule has 214 valence electrons. The number of morpholine rings is 1. The SMILES string of the molecule is CCc1ccc(S(=O)(=O)Nc2cc(C(=O)N3CCOCC3)ccc2N2CCNCC2)cc1.O=C(O)C(F)(F)F. The van der Waals surface area contributed by atoms with Crippen molar-refractivity contribution in [1.82, 2.24) is 10.2 Å². The van der Waals surface area contributed by atoms with Crippen LogP contribution in [-0.2, 0) is 26.0 Å². The number of ether oxygens (including phenoxy) is 1. The van der Waals surface area contributed by atoms with Crippen LogP contribution in [0.5, 0.6) is 0 Å². The molecular weight excluding hydrogens is 541 g/mol. The highest BCUT2D eigenvalue weighted by Crippen LogP contribution is 2.30. The lowest BCUT2D eigenvalue weighted by atomic mass is 10.1. The zero-order valence-corrected chi connectivity index (χ0v) is 22.1. The predicted molar refractivity (Wildman–Crippen MR) is 139 cm³/mol. The van der Waals surface area contributed by atoms with E-state index >= 15 is 0 Å². The fourth-order valence-electron chi connectivity index (χ4n) is 3.99. The third kappa shape index (κ3) is 8.31. The van der Waals surface area contributed by atoms with Gasteiger partial charge in [-0.25, -0.2) is 13.2 Å². The Morgan fingerprint density at radius 3 is 2.15 bits per heavy atom. The Hall–Kier alpha value is -3.36. The molecular formula is C25H31F3N4O6S. The van der Waals surface area contributed by atoms with Crippen molar-refractivity contribution in [2.45, 2.75) is 24.4 Å². The number of rotatable bonds is 6. The van der Waals surface area contributed by atoms with Gasteiger partial charge in [-0.3, -0.25) is 9.52 Å². The number of hydrogen-bond acceptors (Lipinski definition) is 7. The van der Waals surface area contributed by atoms with Gasteiger partial charge in [0.25, 0.3) is 15.9 Å². The molecule has 14 heteroatoms. The van der Waals surface area contributed by atoms with E-state index < -0.39 is 22.2 Å². The number of amides is 1. The molecule has 2 aromatic carbocycles. The van der Waals surface area contributed by atoms with E-state index in [1.165, 1.54) is 0 Å². The molecule has 3 N–H and O–H groups in total. The van der Waals surface area contributed by atoms with Gasteiger partial charge in [-0.05, 0) is 42.3 Å². The zero-order valence-electron chi connectivity index (χ0n) is 21.3. The fraction of sp³-hybridized carbons (Fsp3) is 0.440. The molecule has 4 rings (SSSR count). The van der Waals surface area contributed by atoms with Crippen molar-refractivity contribution in [2.24, 2.45) is 0 Å². The largest absolute Gasteiger partial charge is 0.490 e. The van der Waals surface area contributed by atoms with Crippen LogP contribution in [0.15, 0.2) is 47.4 Å². The lowest BCUT2D eigenvalue weighted by molar-refractivity contribution is -0.192. The molecule has 2 heterocycles. The molecule has 0 bridgehead atoms. The number of benzene rings is 2. The van der Waals surface area contributed by atoms with E-state index in [9.17, 15) is 26.4 Å². The number of aliphatic carboxylic acids is 1. The second-order valence-electron chi connectivity index (χ2n) is 8.78. The van der Waals surface area contributed by atoms with Crippen molar-refractivity contribution >= 4 is 33.3 Å². The van der Waals surface area contributed by atoms with Crippen LogP contribution in [0.3, 0.4) is 0 Å². The van der Waals surface area contributed by atoms with Crippen LogP contribution < -0.4 is 14.9 Å². The van der Waals surface area contributed by atoms with Crippen molar-refractivity contribution in [1.29, 1.82) is 0 Å². The number of alkyl halides is 3. The first-order valence-corrected chi connectivity index (χ1v) is 13.8. The summed E-state index contributed by atoms with van der Waals surface area (Å²) in [5.41, 5.74) is 2.73. The molecule has 10 nitrogen and oxygen atoms in total. The number of piperazine rings is 1. The first kappa shape index (κ1) is 30.2. The first-order chi connectivity index (χ1) is 18.4. The number of halogens is 3. The van der Waals surface area contributed by atoms with Gasteiger partial charge in [0.1, 0.15) is 0 Å². The molecule has 39 heavy (non-hydrogen) atoms. The van der Waals surface area contributed by atoms with Crippen LogP contribution >= 0.6 is 0 Å². The van der Waals surface area contributed by atoms with Crippen molar-refractivity contribution in [2.75, 3.05) is 62.1 Å². The van der Waals surface area contributed by atoms with Gasteiger partial charge in [0.2, 0.25) is 0 Å². The number of aryl methyl sites for hydroxylation is 1. The summed E-state index contributed by atoms with van der Waals surface area (Å²) < 4.78 is 66.2. The van der Waals surface area contributed by atoms with Crippen molar-refractivity contribution < 1.29 is 41.0 Å². The lowest BCUT2D eigenvalue weighted by Gasteiger charge is -2.32. The maximum Gasteiger partial charge on any atom is 0.490 e. The van der Waals surface area contributed by atoms with Crippen molar-refractivity contribution in [3.63, 3.8) is 0 Å². The summed E-state index contributed by atoms with van der Waals surface area (Å²) in [5.74, 6) is -2.87. The molecule has 2 aliphatic heterocycles. The maximum atomic E-state index is 13.2. The number of carboxylic acids is 1. The van der Waals surface area contributed by atoms with Gasteiger partial charge in [-0.1, -0.05) is 19.1 Å². The maximum absolute atomic E-state index is 13.2. The molecule has 0 atom stereocenters. The number of anilines is 2. The second-order valence-corrected chi connectivity index (χ2v) is 10.5. The Kier molecular flexibility index (Phi) is 10.2. The number of carbonyl (C=O) groups is 2. The minimum atomic E-state index is -5.08. The predicted octanol–water partition coefficient (Wildman–Crippen LogP) is 2.57. The van der Waals surface area contributed by atoms with Gasteiger partial charge in [0.15, 0.2) is 0 Å². The van der Waals surface area contributed by atoms with Gasteiger partial charge in [-0.2, -0.15) is 13.2 Å². The smallest absolute Gasteiger partial charge is 0.475 e. The summed E-state index contributed by atoms with van der Waals surface area (Å²) in [6.07, 6.45) is -4.24. The highest BCUT2D eigenvalue weighted by molar-refractivity contribution is 7.92. The van der Waals surface area contributed by atoms with Crippen LogP contribution in [0.4, 0.5) is 24.5 Å². The highest BCUT2D eigenvalue weighted by atomic mass is 32.2. The summed E-state index contributed by atoms with van der Waals surface area (Å²) in [7, 11) is -3.80. The Labute approximate surface area is 224 Å². The minimum Gasteiger partial charge on any atom is -0.475 e. The van der Waals surface area contributed by atoms with Gasteiger partial charge in [-0.15, -0.1) is 0 Å². The van der Waals surface area contributed by atoms with Gasteiger partial charge in [0.05, 0.1) is 29.5 Å². The molecule has 0 unspecified atom stereocenters. The molecule has 2 aromatic rings. The number of carboxylic acid groups (broad SMARTS) is 1. The lowest BCUT2D eigenvalue weighted by Crippen LogP contribution is -2.44. The van der Waals surface area contributed by atoms with E-state index in [0.29, 0.717) is 37.6 Å². The molecule has 1 amide bonds. The third-order valence-electron chi connectivity index (χ3n) is 6.13. The average molecular weight is 573 g/mol. The zero-order chi connectivity index (χ0) is 28.6. The van der Waals surface area contributed by atoms with E-state index in [0.717, 1.165) is 43.9 Å². The summed E-state index contributed by atoms with van der Waals surface area (Å²) in [4.78, 5) is 26.0. The topological polar surface area (TPSA) is 128 Å². The number of carbonyl (C=O) groups excluding carboxylic acids is 1. The van der Waals surface area contributed by atoms with Gasteiger partial charge >= 0.3 is 12.1 Å². The first-order valence-electron chi connectivity index (χ1n) is 12.3. The summed E-state index contributed by atoms with van der Waals surface area (Å²) >= 11 is 0. The number of sulfonamides is 1. The number of hydrogen-bond donors (Lipinski definition) is 3. The van der Waals surface area contributed by atoms with Crippen LogP contribution in [0.25, 0.3) is 0 Å². The van der Waals surface area contributed by atoms with Crippen molar-refractivity contribution in [3.05, 3.63) is 53.6 Å². The van der Waals surface area contributed by atoms with E-state index in [1.807, 2.05) is 25.1 Å². The van der Waals surface area contributed by atoms with Crippen LogP contribution in [0, 0.1) is 0 Å². The van der Waals surface area contributed by atoms with Gasteiger partial charge < -0.3 is 25.0 Å². The average Bonchev–Trinajstić information content (AvgIpc) is 2.93. The summed E-state index contributed by atoms with van der Waals surface area (Å²) in [5, 5.41) is 10.4. The van der Waals surface area contributed by atoms with E-state index in [4.69, 9.17) is 14.6 Å². The molecule has 0 spiro atoms. The fourth-order valence-corrected chi connectivity index (χ4v) is 5.05. The Morgan fingerprint density at radius 1 is 1.03 bits per heavy atom. The molecule has 2 saturated heterocycles. The quantitative estimate of drug-likeness (QED) is 0.482. The number of nitrogens with zero attached hydrogens (tertiary/aromatic N) is 2. The Morgan fingerprint density at radius 2 is 1.62 bits per heavy atom. The highest BCUT2D eigenvalue weighted by Gasteiger charge is 2.38. The Bertz CT molecular complexity index is 1240. The standard InChI is InChI=1S/C23H30N4O4S.C2HF3O2/c1-2-18-3-6-20(7-4-18)32(29,30)25-21-17-19(23(28)27-13-15-31-16-14-27)5-8-22(21)26-11-9-24-10-12-26;3-2(4,5)1(6)7/h3-8,17,24-25H,2,9-16H2,1H3;(H,6,7). The normalized spacial score (nSPS) is 16.2. The van der Waals surface area contributed by atoms with Crippen LogP contribution in [-0.4, -0.2) is 89.0 Å².